The maximum atomic E-state index is 13.2. The molecule has 1 N–H and O–H groups in total. The molecular weight excluding hydrogens is 375 g/mol. The standard InChI is InChI=1S/C18H18ClFN4O3/c19-13-9-12(1-2-14(13)20)23-16-11-21-15(10-22-16)17(25)24-5-3-18(4-6-24)26-7-8-27-18/h1-2,9-11H,3-8H2,(H,22,23). The van der Waals surface area contributed by atoms with Crippen molar-refractivity contribution in [3.05, 3.63) is 47.1 Å². The Kier molecular flexibility index (Phi) is 4.94. The third kappa shape index (κ3) is 3.87. The summed E-state index contributed by atoms with van der Waals surface area (Å²) >= 11 is 5.76. The fraction of sp³-hybridized carbons (Fsp3) is 0.389. The molecule has 2 fully saturated rings. The summed E-state index contributed by atoms with van der Waals surface area (Å²) < 4.78 is 24.6. The molecule has 2 aliphatic rings. The SMILES string of the molecule is O=C(c1cnc(Nc2ccc(F)c(Cl)c2)cn1)N1CCC2(CC1)OCCO2. The average molecular weight is 393 g/mol. The van der Waals surface area contributed by atoms with Crippen molar-refractivity contribution in [1.29, 1.82) is 0 Å². The van der Waals surface area contributed by atoms with Gasteiger partial charge in [0, 0.05) is 31.6 Å². The Bertz CT molecular complexity index is 833. The maximum absolute atomic E-state index is 13.2. The number of hydrogen-bond donors (Lipinski definition) is 1. The van der Waals surface area contributed by atoms with Crippen molar-refractivity contribution < 1.29 is 18.7 Å². The lowest BCUT2D eigenvalue weighted by atomic mass is 10.0. The molecule has 2 aliphatic heterocycles. The van der Waals surface area contributed by atoms with Gasteiger partial charge in [0.15, 0.2) is 5.79 Å². The van der Waals surface area contributed by atoms with Crippen molar-refractivity contribution in [2.45, 2.75) is 18.6 Å². The summed E-state index contributed by atoms with van der Waals surface area (Å²) in [6.07, 6.45) is 4.18. The molecule has 27 heavy (non-hydrogen) atoms. The minimum Gasteiger partial charge on any atom is -0.347 e. The van der Waals surface area contributed by atoms with E-state index in [0.29, 0.717) is 50.7 Å². The molecule has 0 bridgehead atoms. The third-order valence-electron chi connectivity index (χ3n) is 4.69. The van der Waals surface area contributed by atoms with Crippen LogP contribution in [0.15, 0.2) is 30.6 Å². The van der Waals surface area contributed by atoms with Gasteiger partial charge in [0.05, 0.1) is 30.6 Å². The Balaban J connectivity index is 1.38. The van der Waals surface area contributed by atoms with Crippen LogP contribution in [0.5, 0.6) is 0 Å². The van der Waals surface area contributed by atoms with E-state index < -0.39 is 11.6 Å². The van der Waals surface area contributed by atoms with Crippen molar-refractivity contribution in [1.82, 2.24) is 14.9 Å². The van der Waals surface area contributed by atoms with Gasteiger partial charge in [-0.05, 0) is 18.2 Å². The second kappa shape index (κ2) is 7.38. The third-order valence-corrected chi connectivity index (χ3v) is 4.98. The number of hydrogen-bond acceptors (Lipinski definition) is 6. The summed E-state index contributed by atoms with van der Waals surface area (Å²) in [4.78, 5) is 22.7. The zero-order chi connectivity index (χ0) is 18.9. The number of ether oxygens (including phenoxy) is 2. The van der Waals surface area contributed by atoms with E-state index in [1.165, 1.54) is 24.5 Å². The van der Waals surface area contributed by atoms with Crippen LogP contribution in [0.3, 0.4) is 0 Å². The molecule has 3 heterocycles. The van der Waals surface area contributed by atoms with Crippen LogP contribution in [0.4, 0.5) is 15.9 Å². The highest BCUT2D eigenvalue weighted by Gasteiger charge is 2.41. The molecule has 0 unspecified atom stereocenters. The lowest BCUT2D eigenvalue weighted by Gasteiger charge is -2.37. The number of amides is 1. The van der Waals surface area contributed by atoms with Gasteiger partial charge in [-0.2, -0.15) is 0 Å². The van der Waals surface area contributed by atoms with Crippen LogP contribution in [-0.2, 0) is 9.47 Å². The monoisotopic (exact) mass is 392 g/mol. The highest BCUT2D eigenvalue weighted by Crippen LogP contribution is 2.31. The fourth-order valence-corrected chi connectivity index (χ4v) is 3.40. The van der Waals surface area contributed by atoms with Gasteiger partial charge in [0.1, 0.15) is 17.3 Å². The molecular formula is C18H18ClFN4O3. The Hall–Kier alpha value is -2.29. The van der Waals surface area contributed by atoms with Crippen LogP contribution in [0, 0.1) is 5.82 Å². The van der Waals surface area contributed by atoms with Gasteiger partial charge in [0.2, 0.25) is 0 Å². The lowest BCUT2D eigenvalue weighted by molar-refractivity contribution is -0.181. The number of nitrogens with one attached hydrogen (secondary N) is 1. The highest BCUT2D eigenvalue weighted by atomic mass is 35.5. The first kappa shape index (κ1) is 18.1. The van der Waals surface area contributed by atoms with Crippen LogP contribution >= 0.6 is 11.6 Å². The molecule has 1 amide bonds. The largest absolute Gasteiger partial charge is 0.347 e. The Morgan fingerprint density at radius 3 is 2.56 bits per heavy atom. The summed E-state index contributed by atoms with van der Waals surface area (Å²) in [6, 6.07) is 4.25. The number of nitrogens with zero attached hydrogens (tertiary/aromatic N) is 3. The summed E-state index contributed by atoms with van der Waals surface area (Å²) in [5.41, 5.74) is 0.842. The number of carbonyl (C=O) groups is 1. The molecule has 0 saturated carbocycles. The first-order chi connectivity index (χ1) is 13.0. The topological polar surface area (TPSA) is 76.6 Å². The predicted octanol–water partition coefficient (Wildman–Crippen LogP) is 2.99. The maximum Gasteiger partial charge on any atom is 0.274 e. The first-order valence-electron chi connectivity index (χ1n) is 8.66. The normalized spacial score (nSPS) is 18.7. The van der Waals surface area contributed by atoms with Gasteiger partial charge in [-0.3, -0.25) is 4.79 Å². The number of aromatic nitrogens is 2. The fourth-order valence-electron chi connectivity index (χ4n) is 3.22. The zero-order valence-electron chi connectivity index (χ0n) is 14.5. The van der Waals surface area contributed by atoms with E-state index in [2.05, 4.69) is 15.3 Å². The Labute approximate surface area is 160 Å². The second-order valence-corrected chi connectivity index (χ2v) is 6.85. The molecule has 9 heteroatoms. The van der Waals surface area contributed by atoms with Gasteiger partial charge >= 0.3 is 0 Å². The summed E-state index contributed by atoms with van der Waals surface area (Å²) in [7, 11) is 0. The molecule has 1 aromatic heterocycles. The van der Waals surface area contributed by atoms with Crippen molar-refractivity contribution in [3.8, 4) is 0 Å². The molecule has 1 spiro atoms. The molecule has 2 saturated heterocycles. The number of carbonyl (C=O) groups excluding carboxylic acids is 1. The summed E-state index contributed by atoms with van der Waals surface area (Å²) in [6.45, 7) is 2.31. The molecule has 1 aromatic carbocycles. The van der Waals surface area contributed by atoms with Crippen LogP contribution < -0.4 is 5.32 Å². The zero-order valence-corrected chi connectivity index (χ0v) is 15.2. The van der Waals surface area contributed by atoms with Crippen molar-refractivity contribution in [2.24, 2.45) is 0 Å². The number of piperidine rings is 1. The average Bonchev–Trinajstić information content (AvgIpc) is 3.13. The minimum atomic E-state index is -0.521. The number of rotatable bonds is 3. The van der Waals surface area contributed by atoms with Gasteiger partial charge in [-0.15, -0.1) is 0 Å². The van der Waals surface area contributed by atoms with E-state index in [4.69, 9.17) is 21.1 Å². The van der Waals surface area contributed by atoms with E-state index in [1.54, 1.807) is 11.0 Å². The van der Waals surface area contributed by atoms with E-state index in [-0.39, 0.29) is 16.6 Å². The Morgan fingerprint density at radius 1 is 1.19 bits per heavy atom. The van der Waals surface area contributed by atoms with Crippen LogP contribution in [0.2, 0.25) is 5.02 Å². The van der Waals surface area contributed by atoms with Crippen LogP contribution in [-0.4, -0.2) is 52.9 Å². The summed E-state index contributed by atoms with van der Waals surface area (Å²) in [5.74, 6) is -0.760. The van der Waals surface area contributed by atoms with E-state index >= 15 is 0 Å². The number of benzene rings is 1. The highest BCUT2D eigenvalue weighted by molar-refractivity contribution is 6.31. The molecule has 0 atom stereocenters. The quantitative estimate of drug-likeness (QED) is 0.865. The molecule has 0 radical (unpaired) electrons. The molecule has 2 aromatic rings. The van der Waals surface area contributed by atoms with Crippen molar-refractivity contribution >= 4 is 29.0 Å². The predicted molar refractivity (Wildman–Crippen MR) is 96.5 cm³/mol. The van der Waals surface area contributed by atoms with E-state index in [1.807, 2.05) is 0 Å². The number of anilines is 2. The lowest BCUT2D eigenvalue weighted by Crippen LogP contribution is -2.47. The summed E-state index contributed by atoms with van der Waals surface area (Å²) in [5, 5.41) is 2.98. The number of halogens is 2. The van der Waals surface area contributed by atoms with Crippen molar-refractivity contribution in [3.63, 3.8) is 0 Å². The molecule has 0 aliphatic carbocycles. The van der Waals surface area contributed by atoms with E-state index in [9.17, 15) is 9.18 Å². The Morgan fingerprint density at radius 2 is 1.93 bits per heavy atom. The number of likely N-dealkylation sites (tertiary alicyclic amines) is 1. The van der Waals surface area contributed by atoms with Gasteiger partial charge < -0.3 is 19.7 Å². The van der Waals surface area contributed by atoms with Crippen LogP contribution in [0.1, 0.15) is 23.3 Å². The smallest absolute Gasteiger partial charge is 0.274 e. The van der Waals surface area contributed by atoms with Gasteiger partial charge in [-0.1, -0.05) is 11.6 Å². The van der Waals surface area contributed by atoms with Crippen molar-refractivity contribution in [2.75, 3.05) is 31.6 Å². The molecule has 4 rings (SSSR count). The molecule has 7 nitrogen and oxygen atoms in total. The first-order valence-corrected chi connectivity index (χ1v) is 9.04. The minimum absolute atomic E-state index is 0.0119. The molecule has 142 valence electrons. The van der Waals surface area contributed by atoms with Gasteiger partial charge in [0.25, 0.3) is 5.91 Å². The van der Waals surface area contributed by atoms with E-state index in [0.717, 1.165) is 0 Å². The van der Waals surface area contributed by atoms with Gasteiger partial charge in [-0.25, -0.2) is 14.4 Å². The van der Waals surface area contributed by atoms with Crippen LogP contribution in [0.25, 0.3) is 0 Å². The second-order valence-electron chi connectivity index (χ2n) is 6.44.